The first kappa shape index (κ1) is 15.7. The fourth-order valence-electron chi connectivity index (χ4n) is 2.01. The maximum Gasteiger partial charge on any atom is 0.269 e. The average Bonchev–Trinajstić information content (AvgIpc) is 2.80. The second kappa shape index (κ2) is 6.83. The zero-order valence-corrected chi connectivity index (χ0v) is 11.3. The number of hydrogen-bond acceptors (Lipinski definition) is 7. The molecule has 1 aliphatic heterocycles. The van der Waals surface area contributed by atoms with Gasteiger partial charge in [0, 0.05) is 7.11 Å². The highest BCUT2D eigenvalue weighted by atomic mass is 16.7. The maximum atomic E-state index is 11.8. The Bertz CT molecular complexity index is 471. The van der Waals surface area contributed by atoms with E-state index in [0.29, 0.717) is 5.69 Å². The van der Waals surface area contributed by atoms with Crippen LogP contribution in [0.1, 0.15) is 0 Å². The van der Waals surface area contributed by atoms with Gasteiger partial charge >= 0.3 is 0 Å². The summed E-state index contributed by atoms with van der Waals surface area (Å²) in [7, 11) is 1.28. The van der Waals surface area contributed by atoms with Crippen molar-refractivity contribution < 1.29 is 29.6 Å². The Hall–Kier alpha value is -1.71. The molecule has 1 amide bonds. The fraction of sp³-hybridized carbons (Fsp3) is 0.462. The molecule has 0 bridgehead atoms. The van der Waals surface area contributed by atoms with Crippen molar-refractivity contribution in [1.82, 2.24) is 5.43 Å². The predicted molar refractivity (Wildman–Crippen MR) is 71.9 cm³/mol. The number of amides is 1. The second-order valence-corrected chi connectivity index (χ2v) is 4.61. The third kappa shape index (κ3) is 3.49. The van der Waals surface area contributed by atoms with Crippen molar-refractivity contribution in [2.24, 2.45) is 0 Å². The van der Waals surface area contributed by atoms with Crippen LogP contribution in [-0.2, 0) is 14.3 Å². The Kier molecular flexibility index (Phi) is 5.10. The largest absolute Gasteiger partial charge is 0.387 e. The number of ether oxygens (including phenoxy) is 2. The predicted octanol–water partition coefficient (Wildman–Crippen LogP) is -1.42. The van der Waals surface area contributed by atoms with E-state index < -0.39 is 36.6 Å². The molecule has 8 heteroatoms. The zero-order valence-electron chi connectivity index (χ0n) is 11.3. The molecule has 116 valence electrons. The molecule has 1 fully saturated rings. The Morgan fingerprint density at radius 3 is 2.52 bits per heavy atom. The molecule has 1 aromatic rings. The molecule has 1 aliphatic rings. The van der Waals surface area contributed by atoms with Crippen LogP contribution in [-0.4, -0.2) is 59.0 Å². The lowest BCUT2D eigenvalue weighted by Crippen LogP contribution is -2.48. The van der Waals surface area contributed by atoms with E-state index in [-0.39, 0.29) is 0 Å². The molecule has 2 rings (SSSR count). The van der Waals surface area contributed by atoms with Gasteiger partial charge in [-0.1, -0.05) is 18.2 Å². The van der Waals surface area contributed by atoms with Crippen molar-refractivity contribution in [2.75, 3.05) is 12.5 Å². The van der Waals surface area contributed by atoms with Crippen LogP contribution in [0.4, 0.5) is 5.69 Å². The van der Waals surface area contributed by atoms with Crippen molar-refractivity contribution in [3.05, 3.63) is 30.3 Å². The number of rotatable bonds is 5. The summed E-state index contributed by atoms with van der Waals surface area (Å²) in [4.78, 5) is 11.8. The first-order valence-electron chi connectivity index (χ1n) is 6.38. The molecule has 8 nitrogen and oxygen atoms in total. The number of aliphatic hydroxyl groups excluding tert-OH is 3. The highest BCUT2D eigenvalue weighted by molar-refractivity contribution is 5.82. The van der Waals surface area contributed by atoms with Gasteiger partial charge in [0.1, 0.15) is 18.3 Å². The number of carbonyl (C=O) groups is 1. The molecule has 21 heavy (non-hydrogen) atoms. The first-order valence-corrected chi connectivity index (χ1v) is 6.38. The van der Waals surface area contributed by atoms with E-state index in [4.69, 9.17) is 9.47 Å². The topological polar surface area (TPSA) is 120 Å². The molecule has 0 saturated carbocycles. The summed E-state index contributed by atoms with van der Waals surface area (Å²) >= 11 is 0. The molecule has 0 spiro atoms. The van der Waals surface area contributed by atoms with Gasteiger partial charge in [-0.25, -0.2) is 0 Å². The van der Waals surface area contributed by atoms with E-state index in [1.807, 2.05) is 6.07 Å². The van der Waals surface area contributed by atoms with E-state index in [0.717, 1.165) is 0 Å². The van der Waals surface area contributed by atoms with E-state index in [9.17, 15) is 20.1 Å². The molecule has 1 aromatic carbocycles. The molecule has 0 aromatic heterocycles. The van der Waals surface area contributed by atoms with Crippen molar-refractivity contribution in [3.63, 3.8) is 0 Å². The number of para-hydroxylation sites is 1. The number of carbonyl (C=O) groups excluding carboxylic acids is 1. The molecule has 0 aliphatic carbocycles. The van der Waals surface area contributed by atoms with Gasteiger partial charge < -0.3 is 24.8 Å². The van der Waals surface area contributed by atoms with Gasteiger partial charge in [0.2, 0.25) is 0 Å². The van der Waals surface area contributed by atoms with Crippen LogP contribution in [0, 0.1) is 0 Å². The van der Waals surface area contributed by atoms with Crippen molar-refractivity contribution in [2.45, 2.75) is 30.7 Å². The molecular formula is C13H18N2O6. The van der Waals surface area contributed by atoms with Crippen LogP contribution < -0.4 is 10.9 Å². The van der Waals surface area contributed by atoms with Crippen LogP contribution >= 0.6 is 0 Å². The highest BCUT2D eigenvalue weighted by Crippen LogP contribution is 2.24. The van der Waals surface area contributed by atoms with Gasteiger partial charge in [-0.15, -0.1) is 0 Å². The van der Waals surface area contributed by atoms with Crippen LogP contribution in [0.2, 0.25) is 0 Å². The normalized spacial score (nSPS) is 29.9. The quantitative estimate of drug-likeness (QED) is 0.423. The summed E-state index contributed by atoms with van der Waals surface area (Å²) in [5.74, 6) is -0.799. The second-order valence-electron chi connectivity index (χ2n) is 4.61. The molecule has 1 heterocycles. The standard InChI is InChI=1S/C13H18N2O6/c1-20-13-9(17)8(16)11(21-13)10(18)12(19)15-14-7-5-3-2-4-6-7/h2-6,8-11,13-14,16-18H,1H3,(H,15,19)/t8-,9-,10-,11-,13+/m0/s1. The van der Waals surface area contributed by atoms with Crippen LogP contribution in [0.15, 0.2) is 30.3 Å². The molecular weight excluding hydrogens is 280 g/mol. The van der Waals surface area contributed by atoms with Gasteiger partial charge in [-0.3, -0.25) is 15.6 Å². The minimum atomic E-state index is -1.66. The number of aliphatic hydroxyl groups is 3. The highest BCUT2D eigenvalue weighted by Gasteiger charge is 2.48. The number of hydrogen-bond donors (Lipinski definition) is 5. The van der Waals surface area contributed by atoms with Gasteiger partial charge in [-0.2, -0.15) is 0 Å². The van der Waals surface area contributed by atoms with Gasteiger partial charge in [0.25, 0.3) is 5.91 Å². The lowest BCUT2D eigenvalue weighted by molar-refractivity contribution is -0.169. The zero-order chi connectivity index (χ0) is 15.4. The van der Waals surface area contributed by atoms with E-state index in [1.54, 1.807) is 24.3 Å². The SMILES string of the molecule is CO[C@@H]1O[C@H]([C@H](O)C(=O)NNc2ccccc2)[C@@H](O)[C@@H]1O. The fourth-order valence-corrected chi connectivity index (χ4v) is 2.01. The third-order valence-corrected chi connectivity index (χ3v) is 3.17. The molecule has 0 radical (unpaired) electrons. The number of nitrogens with one attached hydrogen (secondary N) is 2. The van der Waals surface area contributed by atoms with E-state index in [1.165, 1.54) is 7.11 Å². The third-order valence-electron chi connectivity index (χ3n) is 3.17. The van der Waals surface area contributed by atoms with E-state index >= 15 is 0 Å². The lowest BCUT2D eigenvalue weighted by atomic mass is 10.1. The van der Waals surface area contributed by atoms with Crippen molar-refractivity contribution >= 4 is 11.6 Å². The first-order chi connectivity index (χ1) is 10.0. The maximum absolute atomic E-state index is 11.8. The van der Waals surface area contributed by atoms with Crippen LogP contribution in [0.5, 0.6) is 0 Å². The minimum Gasteiger partial charge on any atom is -0.387 e. The Morgan fingerprint density at radius 1 is 1.29 bits per heavy atom. The Labute approximate surface area is 121 Å². The van der Waals surface area contributed by atoms with E-state index in [2.05, 4.69) is 10.9 Å². The van der Waals surface area contributed by atoms with Crippen LogP contribution in [0.25, 0.3) is 0 Å². The molecule has 5 N–H and O–H groups in total. The number of anilines is 1. The summed E-state index contributed by atoms with van der Waals surface area (Å²) in [6.45, 7) is 0. The summed E-state index contributed by atoms with van der Waals surface area (Å²) in [6.07, 6.45) is -6.78. The average molecular weight is 298 g/mol. The summed E-state index contributed by atoms with van der Waals surface area (Å²) in [5, 5.41) is 29.2. The van der Waals surface area contributed by atoms with Gasteiger partial charge in [0.05, 0.1) is 5.69 Å². The summed E-state index contributed by atoms with van der Waals surface area (Å²) < 4.78 is 9.90. The van der Waals surface area contributed by atoms with Crippen molar-refractivity contribution in [3.8, 4) is 0 Å². The Morgan fingerprint density at radius 2 is 1.95 bits per heavy atom. The van der Waals surface area contributed by atoms with Gasteiger partial charge in [0.15, 0.2) is 12.4 Å². The molecule has 5 atom stereocenters. The molecule has 1 saturated heterocycles. The summed E-state index contributed by atoms with van der Waals surface area (Å²) in [6, 6.07) is 8.80. The number of methoxy groups -OCH3 is 1. The molecule has 0 unspecified atom stereocenters. The van der Waals surface area contributed by atoms with Crippen molar-refractivity contribution in [1.29, 1.82) is 0 Å². The van der Waals surface area contributed by atoms with Crippen LogP contribution in [0.3, 0.4) is 0 Å². The summed E-state index contributed by atoms with van der Waals surface area (Å²) in [5.41, 5.74) is 5.53. The Balaban J connectivity index is 1.90. The smallest absolute Gasteiger partial charge is 0.269 e. The van der Waals surface area contributed by atoms with Gasteiger partial charge in [-0.05, 0) is 12.1 Å². The monoisotopic (exact) mass is 298 g/mol. The number of benzene rings is 1. The number of hydrazine groups is 1. The lowest BCUT2D eigenvalue weighted by Gasteiger charge is -2.20. The minimum absolute atomic E-state index is 0.626.